The van der Waals surface area contributed by atoms with Gasteiger partial charge in [0.05, 0.1) is 18.0 Å². The van der Waals surface area contributed by atoms with Crippen LogP contribution in [-0.2, 0) is 11.3 Å². The molecule has 1 amide bonds. The first-order chi connectivity index (χ1) is 13.7. The van der Waals surface area contributed by atoms with Crippen molar-refractivity contribution in [3.05, 3.63) is 45.8 Å². The summed E-state index contributed by atoms with van der Waals surface area (Å²) in [5, 5.41) is 12.4. The van der Waals surface area contributed by atoms with Crippen molar-refractivity contribution in [1.82, 2.24) is 20.0 Å². The van der Waals surface area contributed by atoms with E-state index in [0.717, 1.165) is 30.7 Å². The molecule has 1 aliphatic rings. The first-order valence-electron chi connectivity index (χ1n) is 9.66. The van der Waals surface area contributed by atoms with Gasteiger partial charge in [-0.2, -0.15) is 0 Å². The SMILES string of the molecule is CCCN(Cc1nnc(-c2cccs2)o1)C(=O)CN1CCCC1c1cccs1. The molecule has 1 fully saturated rings. The van der Waals surface area contributed by atoms with Crippen molar-refractivity contribution in [3.8, 4) is 10.8 Å². The highest BCUT2D eigenvalue weighted by Crippen LogP contribution is 2.34. The molecule has 28 heavy (non-hydrogen) atoms. The molecule has 1 atom stereocenters. The van der Waals surface area contributed by atoms with Crippen LogP contribution >= 0.6 is 22.7 Å². The molecular weight excluding hydrogens is 392 g/mol. The molecule has 0 spiro atoms. The lowest BCUT2D eigenvalue weighted by atomic mass is 10.2. The van der Waals surface area contributed by atoms with Crippen LogP contribution in [0.3, 0.4) is 0 Å². The van der Waals surface area contributed by atoms with Crippen LogP contribution in [0.2, 0.25) is 0 Å². The number of aromatic nitrogens is 2. The van der Waals surface area contributed by atoms with E-state index in [1.807, 2.05) is 22.4 Å². The van der Waals surface area contributed by atoms with Crippen molar-refractivity contribution < 1.29 is 9.21 Å². The zero-order valence-corrected chi connectivity index (χ0v) is 17.5. The summed E-state index contributed by atoms with van der Waals surface area (Å²) in [6.07, 6.45) is 3.15. The Morgan fingerprint density at radius 2 is 2.14 bits per heavy atom. The largest absolute Gasteiger partial charge is 0.418 e. The third kappa shape index (κ3) is 4.34. The van der Waals surface area contributed by atoms with Crippen molar-refractivity contribution in [3.63, 3.8) is 0 Å². The Hall–Kier alpha value is -2.03. The fourth-order valence-electron chi connectivity index (χ4n) is 3.63. The van der Waals surface area contributed by atoms with Gasteiger partial charge in [-0.05, 0) is 48.7 Å². The summed E-state index contributed by atoms with van der Waals surface area (Å²) in [6, 6.07) is 8.53. The van der Waals surface area contributed by atoms with E-state index in [4.69, 9.17) is 4.42 Å². The molecule has 0 radical (unpaired) electrons. The second-order valence-corrected chi connectivity index (χ2v) is 8.86. The molecule has 1 unspecified atom stereocenters. The van der Waals surface area contributed by atoms with Crippen molar-refractivity contribution in [2.45, 2.75) is 38.8 Å². The van der Waals surface area contributed by atoms with E-state index in [1.165, 1.54) is 4.88 Å². The van der Waals surface area contributed by atoms with Gasteiger partial charge in [0.15, 0.2) is 0 Å². The fraction of sp³-hybridized carbons (Fsp3) is 0.450. The molecule has 0 saturated carbocycles. The van der Waals surface area contributed by atoms with Crippen LogP contribution in [0.5, 0.6) is 0 Å². The maximum Gasteiger partial charge on any atom is 0.257 e. The highest BCUT2D eigenvalue weighted by molar-refractivity contribution is 7.13. The zero-order chi connectivity index (χ0) is 19.3. The van der Waals surface area contributed by atoms with Crippen LogP contribution in [0.15, 0.2) is 39.4 Å². The average molecular weight is 417 g/mol. The number of nitrogens with zero attached hydrogens (tertiary/aromatic N) is 4. The number of amides is 1. The number of rotatable bonds is 8. The number of hydrogen-bond acceptors (Lipinski definition) is 7. The summed E-state index contributed by atoms with van der Waals surface area (Å²) >= 11 is 3.34. The summed E-state index contributed by atoms with van der Waals surface area (Å²) in [7, 11) is 0. The Morgan fingerprint density at radius 3 is 2.89 bits per heavy atom. The molecule has 0 N–H and O–H groups in total. The Morgan fingerprint density at radius 1 is 1.29 bits per heavy atom. The molecule has 6 nitrogen and oxygen atoms in total. The molecule has 3 aromatic heterocycles. The van der Waals surface area contributed by atoms with Crippen molar-refractivity contribution >= 4 is 28.6 Å². The quantitative estimate of drug-likeness (QED) is 0.543. The lowest BCUT2D eigenvalue weighted by molar-refractivity contribution is -0.133. The lowest BCUT2D eigenvalue weighted by Gasteiger charge is -2.27. The van der Waals surface area contributed by atoms with E-state index in [9.17, 15) is 4.79 Å². The topological polar surface area (TPSA) is 62.5 Å². The normalized spacial score (nSPS) is 17.2. The van der Waals surface area contributed by atoms with E-state index in [0.29, 0.717) is 37.5 Å². The van der Waals surface area contributed by atoms with E-state index < -0.39 is 0 Å². The van der Waals surface area contributed by atoms with Gasteiger partial charge in [0, 0.05) is 17.5 Å². The molecule has 148 valence electrons. The van der Waals surface area contributed by atoms with Gasteiger partial charge in [-0.15, -0.1) is 32.9 Å². The fourth-order valence-corrected chi connectivity index (χ4v) is 5.17. The minimum atomic E-state index is 0.126. The number of thiophene rings is 2. The van der Waals surface area contributed by atoms with Crippen LogP contribution in [-0.4, -0.2) is 45.5 Å². The molecule has 1 aliphatic heterocycles. The maximum atomic E-state index is 13.0. The van der Waals surface area contributed by atoms with Gasteiger partial charge in [0.2, 0.25) is 11.8 Å². The zero-order valence-electron chi connectivity index (χ0n) is 15.9. The van der Waals surface area contributed by atoms with Gasteiger partial charge in [-0.1, -0.05) is 19.1 Å². The van der Waals surface area contributed by atoms with Gasteiger partial charge in [0.1, 0.15) is 0 Å². The Labute approximate surface area is 172 Å². The average Bonchev–Trinajstić information content (AvgIpc) is 3.47. The highest BCUT2D eigenvalue weighted by atomic mass is 32.1. The summed E-state index contributed by atoms with van der Waals surface area (Å²) in [5.74, 6) is 1.13. The number of carbonyl (C=O) groups is 1. The molecule has 0 bridgehead atoms. The van der Waals surface area contributed by atoms with Crippen LogP contribution in [0, 0.1) is 0 Å². The molecule has 1 saturated heterocycles. The predicted octanol–water partition coefficient (Wildman–Crippen LogP) is 4.44. The van der Waals surface area contributed by atoms with Gasteiger partial charge in [-0.3, -0.25) is 9.69 Å². The molecule has 4 heterocycles. The monoisotopic (exact) mass is 416 g/mol. The summed E-state index contributed by atoms with van der Waals surface area (Å²) in [4.78, 5) is 19.5. The van der Waals surface area contributed by atoms with Crippen LogP contribution < -0.4 is 0 Å². The van der Waals surface area contributed by atoms with Crippen molar-refractivity contribution in [2.75, 3.05) is 19.6 Å². The second-order valence-electron chi connectivity index (χ2n) is 6.94. The molecule has 3 aromatic rings. The number of likely N-dealkylation sites (tertiary alicyclic amines) is 1. The van der Waals surface area contributed by atoms with Gasteiger partial charge < -0.3 is 9.32 Å². The Bertz CT molecular complexity index is 876. The van der Waals surface area contributed by atoms with Crippen molar-refractivity contribution in [2.24, 2.45) is 0 Å². The summed E-state index contributed by atoms with van der Waals surface area (Å²) < 4.78 is 5.79. The standard InChI is InChI=1S/C20H24N4O2S2/c1-2-9-24(13-18-21-22-20(26-18)17-8-5-12-28-17)19(25)14-23-10-3-6-15(23)16-7-4-11-27-16/h4-5,7-8,11-12,15H,2-3,6,9-10,13-14H2,1H3. The lowest BCUT2D eigenvalue weighted by Crippen LogP contribution is -2.40. The first-order valence-corrected chi connectivity index (χ1v) is 11.4. The number of hydrogen-bond donors (Lipinski definition) is 0. The maximum absolute atomic E-state index is 13.0. The highest BCUT2D eigenvalue weighted by Gasteiger charge is 2.30. The molecular formula is C20H24N4O2S2. The van der Waals surface area contributed by atoms with Gasteiger partial charge >= 0.3 is 0 Å². The molecule has 0 aromatic carbocycles. The van der Waals surface area contributed by atoms with Gasteiger partial charge in [0.25, 0.3) is 5.89 Å². The first kappa shape index (κ1) is 19.3. The Kier molecular flexibility index (Phi) is 6.19. The molecule has 4 rings (SSSR count). The number of carbonyl (C=O) groups excluding carboxylic acids is 1. The van der Waals surface area contributed by atoms with Crippen LogP contribution in [0.25, 0.3) is 10.8 Å². The predicted molar refractivity (Wildman–Crippen MR) is 111 cm³/mol. The van der Waals surface area contributed by atoms with E-state index in [1.54, 1.807) is 22.7 Å². The second kappa shape index (κ2) is 8.98. The summed E-state index contributed by atoms with van der Waals surface area (Å²) in [5.41, 5.74) is 0. The third-order valence-electron chi connectivity index (χ3n) is 4.94. The van der Waals surface area contributed by atoms with E-state index >= 15 is 0 Å². The molecule has 8 heteroatoms. The van der Waals surface area contributed by atoms with Gasteiger partial charge in [-0.25, -0.2) is 0 Å². The van der Waals surface area contributed by atoms with Crippen LogP contribution in [0.4, 0.5) is 0 Å². The van der Waals surface area contributed by atoms with Crippen molar-refractivity contribution in [1.29, 1.82) is 0 Å². The minimum Gasteiger partial charge on any atom is -0.418 e. The summed E-state index contributed by atoms with van der Waals surface area (Å²) in [6.45, 7) is 4.54. The smallest absolute Gasteiger partial charge is 0.257 e. The minimum absolute atomic E-state index is 0.126. The Balaban J connectivity index is 1.41. The van der Waals surface area contributed by atoms with E-state index in [-0.39, 0.29) is 5.91 Å². The third-order valence-corrected chi connectivity index (χ3v) is 6.78. The van der Waals surface area contributed by atoms with Crippen LogP contribution in [0.1, 0.15) is 43.0 Å². The molecule has 0 aliphatic carbocycles. The van der Waals surface area contributed by atoms with E-state index in [2.05, 4.69) is 39.5 Å².